The maximum absolute atomic E-state index is 12.5. The molecule has 0 radical (unpaired) electrons. The summed E-state index contributed by atoms with van der Waals surface area (Å²) in [5.41, 5.74) is 0.422. The van der Waals surface area contributed by atoms with Gasteiger partial charge in [-0.15, -0.1) is 24.0 Å². The van der Waals surface area contributed by atoms with Gasteiger partial charge < -0.3 is 14.7 Å². The molecule has 3 rings (SSSR count). The van der Waals surface area contributed by atoms with E-state index in [0.717, 1.165) is 19.0 Å². The van der Waals surface area contributed by atoms with Crippen LogP contribution in [0.25, 0.3) is 0 Å². The summed E-state index contributed by atoms with van der Waals surface area (Å²) < 4.78 is 33.2. The van der Waals surface area contributed by atoms with Crippen molar-refractivity contribution < 1.29 is 12.9 Å². The molecule has 3 heterocycles. The molecule has 10 nitrogen and oxygen atoms in total. The van der Waals surface area contributed by atoms with Crippen molar-refractivity contribution in [2.24, 2.45) is 10.9 Å². The molecule has 0 aromatic carbocycles. The van der Waals surface area contributed by atoms with Crippen LogP contribution in [-0.2, 0) is 22.3 Å². The van der Waals surface area contributed by atoms with Gasteiger partial charge in [0.05, 0.1) is 5.69 Å². The topological polar surface area (TPSA) is 109 Å². The van der Waals surface area contributed by atoms with Crippen molar-refractivity contribution in [2.75, 3.05) is 39.8 Å². The highest BCUT2D eigenvalue weighted by Gasteiger charge is 2.29. The van der Waals surface area contributed by atoms with Gasteiger partial charge in [-0.3, -0.25) is 9.67 Å². The normalized spacial score (nSPS) is 17.0. The number of halogens is 1. The lowest BCUT2D eigenvalue weighted by Crippen LogP contribution is -2.54. The fourth-order valence-corrected chi connectivity index (χ4v) is 4.58. The van der Waals surface area contributed by atoms with E-state index in [1.54, 1.807) is 19.3 Å². The monoisotopic (exact) mass is 537 g/mol. The fraction of sp³-hybridized carbons (Fsp3) is 0.588. The maximum atomic E-state index is 12.5. The summed E-state index contributed by atoms with van der Waals surface area (Å²) >= 11 is 0. The van der Waals surface area contributed by atoms with Gasteiger partial charge in [-0.05, 0) is 12.0 Å². The minimum atomic E-state index is -3.40. The van der Waals surface area contributed by atoms with Gasteiger partial charge in [0.15, 0.2) is 5.96 Å². The molecule has 0 saturated carbocycles. The van der Waals surface area contributed by atoms with Crippen LogP contribution in [0.15, 0.2) is 40.3 Å². The average Bonchev–Trinajstić information content (AvgIpc) is 3.36. The molecule has 0 amide bonds. The first-order chi connectivity index (χ1) is 13.5. The Hall–Kier alpha value is -1.67. The number of aliphatic imine (C=N–C) groups is 1. The summed E-state index contributed by atoms with van der Waals surface area (Å²) in [7, 11) is -1.66. The van der Waals surface area contributed by atoms with E-state index in [9.17, 15) is 8.42 Å². The van der Waals surface area contributed by atoms with E-state index in [-0.39, 0.29) is 29.7 Å². The van der Waals surface area contributed by atoms with Crippen molar-refractivity contribution in [3.8, 4) is 0 Å². The Balaban J connectivity index is 0.00000300. The van der Waals surface area contributed by atoms with Crippen LogP contribution in [0.1, 0.15) is 12.6 Å². The summed E-state index contributed by atoms with van der Waals surface area (Å²) in [6.45, 7) is 5.75. The van der Waals surface area contributed by atoms with Crippen LogP contribution in [0.3, 0.4) is 0 Å². The summed E-state index contributed by atoms with van der Waals surface area (Å²) in [6, 6.07) is 3.49. The van der Waals surface area contributed by atoms with Gasteiger partial charge in [0.25, 0.3) is 0 Å². The minimum Gasteiger partial charge on any atom is -0.364 e. The van der Waals surface area contributed by atoms with Gasteiger partial charge in [0, 0.05) is 64.8 Å². The zero-order valence-electron chi connectivity index (χ0n) is 16.6. The highest BCUT2D eigenvalue weighted by atomic mass is 127. The largest absolute Gasteiger partial charge is 0.364 e. The molecular weight excluding hydrogens is 509 g/mol. The first-order valence-electron chi connectivity index (χ1n) is 9.28. The fourth-order valence-electron chi connectivity index (χ4n) is 3.16. The van der Waals surface area contributed by atoms with E-state index >= 15 is 0 Å². The Morgan fingerprint density at radius 3 is 2.69 bits per heavy atom. The average molecular weight is 537 g/mol. The molecule has 0 spiro atoms. The smallest absolute Gasteiger partial charge is 0.220 e. The van der Waals surface area contributed by atoms with Gasteiger partial charge in [0.2, 0.25) is 10.0 Å². The molecule has 1 aliphatic heterocycles. The van der Waals surface area contributed by atoms with E-state index < -0.39 is 10.0 Å². The molecule has 1 fully saturated rings. The first-order valence-corrected chi connectivity index (χ1v) is 10.9. The molecule has 29 heavy (non-hydrogen) atoms. The number of piperazine rings is 1. The third kappa shape index (κ3) is 6.67. The molecule has 162 valence electrons. The molecule has 0 bridgehead atoms. The van der Waals surface area contributed by atoms with Crippen LogP contribution >= 0.6 is 24.0 Å². The lowest BCUT2D eigenvalue weighted by Gasteiger charge is -2.36. The molecule has 2 aromatic heterocycles. The van der Waals surface area contributed by atoms with E-state index in [0.29, 0.717) is 37.8 Å². The lowest BCUT2D eigenvalue weighted by atomic mass is 10.2. The minimum absolute atomic E-state index is 0. The zero-order valence-corrected chi connectivity index (χ0v) is 19.8. The van der Waals surface area contributed by atoms with Crippen molar-refractivity contribution in [3.63, 3.8) is 0 Å². The molecule has 1 aliphatic rings. The molecule has 1 saturated heterocycles. The highest BCUT2D eigenvalue weighted by Crippen LogP contribution is 2.13. The zero-order chi connectivity index (χ0) is 20.0. The van der Waals surface area contributed by atoms with Gasteiger partial charge in [-0.2, -0.15) is 9.40 Å². The number of rotatable bonds is 7. The number of aromatic nitrogens is 3. The van der Waals surface area contributed by atoms with Gasteiger partial charge in [-0.1, -0.05) is 12.1 Å². The second kappa shape index (κ2) is 10.9. The molecule has 2 aromatic rings. The summed E-state index contributed by atoms with van der Waals surface area (Å²) in [6.07, 6.45) is 5.10. The summed E-state index contributed by atoms with van der Waals surface area (Å²) in [5.74, 6) is 1.03. The molecular formula is C17H28IN7O3S. The number of nitrogens with one attached hydrogen (secondary N) is 1. The number of nitrogens with zero attached hydrogens (tertiary/aromatic N) is 6. The van der Waals surface area contributed by atoms with Crippen LogP contribution in [0.4, 0.5) is 0 Å². The van der Waals surface area contributed by atoms with Crippen molar-refractivity contribution >= 4 is 40.0 Å². The third-order valence-corrected chi connectivity index (χ3v) is 6.44. The Morgan fingerprint density at radius 2 is 2.10 bits per heavy atom. The Bertz CT molecular complexity index is 848. The van der Waals surface area contributed by atoms with Crippen molar-refractivity contribution in [3.05, 3.63) is 36.5 Å². The number of guanidine groups is 1. The van der Waals surface area contributed by atoms with E-state index in [1.165, 1.54) is 10.6 Å². The van der Waals surface area contributed by atoms with Crippen LogP contribution in [0, 0.1) is 5.92 Å². The summed E-state index contributed by atoms with van der Waals surface area (Å²) in [5, 5.41) is 11.3. The predicted molar refractivity (Wildman–Crippen MR) is 120 cm³/mol. The standard InChI is InChI=1S/C17H27N7O3S.HI/c1-15(13-23-6-3-5-20-23)12-19-17(18-2)22-7-9-24(10-8-22)28(25,26)14-16-4-11-27-21-16;/h3-6,11,15H,7-10,12-14H2,1-2H3,(H,18,19);1H. The third-order valence-electron chi connectivity index (χ3n) is 4.63. The van der Waals surface area contributed by atoms with E-state index in [2.05, 4.69) is 32.4 Å². The van der Waals surface area contributed by atoms with Gasteiger partial charge in [-0.25, -0.2) is 8.42 Å². The molecule has 0 aliphatic carbocycles. The number of hydrogen-bond donors (Lipinski definition) is 1. The second-order valence-corrected chi connectivity index (χ2v) is 8.86. The Morgan fingerprint density at radius 1 is 1.34 bits per heavy atom. The van der Waals surface area contributed by atoms with Crippen LogP contribution < -0.4 is 5.32 Å². The Labute approximate surface area is 188 Å². The number of hydrogen-bond acceptors (Lipinski definition) is 6. The first kappa shape index (κ1) is 23.6. The van der Waals surface area contributed by atoms with Crippen LogP contribution in [-0.4, -0.2) is 78.3 Å². The SMILES string of the molecule is CN=C(NCC(C)Cn1cccn1)N1CCN(S(=O)(=O)Cc2ccon2)CC1.I. The molecule has 1 atom stereocenters. The van der Waals surface area contributed by atoms with Crippen LogP contribution in [0.5, 0.6) is 0 Å². The molecule has 1 N–H and O–H groups in total. The molecule has 1 unspecified atom stereocenters. The maximum Gasteiger partial charge on any atom is 0.220 e. The quantitative estimate of drug-likeness (QED) is 0.317. The van der Waals surface area contributed by atoms with Gasteiger partial charge >= 0.3 is 0 Å². The van der Waals surface area contributed by atoms with Crippen molar-refractivity contribution in [2.45, 2.75) is 19.2 Å². The van der Waals surface area contributed by atoms with E-state index in [1.807, 2.05) is 16.9 Å². The van der Waals surface area contributed by atoms with E-state index in [4.69, 9.17) is 4.52 Å². The van der Waals surface area contributed by atoms with Gasteiger partial charge in [0.1, 0.15) is 12.0 Å². The van der Waals surface area contributed by atoms with Crippen molar-refractivity contribution in [1.29, 1.82) is 0 Å². The highest BCUT2D eigenvalue weighted by molar-refractivity contribution is 14.0. The Kier molecular flexibility index (Phi) is 8.89. The van der Waals surface area contributed by atoms with Crippen LogP contribution in [0.2, 0.25) is 0 Å². The number of sulfonamides is 1. The summed E-state index contributed by atoms with van der Waals surface area (Å²) in [4.78, 5) is 6.43. The molecule has 12 heteroatoms. The predicted octanol–water partition coefficient (Wildman–Crippen LogP) is 0.848. The van der Waals surface area contributed by atoms with Crippen molar-refractivity contribution in [1.82, 2.24) is 29.5 Å². The lowest BCUT2D eigenvalue weighted by molar-refractivity contribution is 0.258. The second-order valence-electron chi connectivity index (χ2n) is 6.89.